The van der Waals surface area contributed by atoms with Crippen LogP contribution in [0.3, 0.4) is 0 Å². The van der Waals surface area contributed by atoms with Crippen LogP contribution in [-0.4, -0.2) is 32.3 Å². The zero-order chi connectivity index (χ0) is 18.1. The van der Waals surface area contributed by atoms with Crippen LogP contribution in [0.1, 0.15) is 19.4 Å². The lowest BCUT2D eigenvalue weighted by molar-refractivity contribution is -0.127. The second-order valence-electron chi connectivity index (χ2n) is 5.54. The monoisotopic (exact) mass is 343 g/mol. The highest BCUT2D eigenvalue weighted by Gasteiger charge is 2.15. The summed E-state index contributed by atoms with van der Waals surface area (Å²) in [7, 11) is 1.62. The summed E-state index contributed by atoms with van der Waals surface area (Å²) in [6, 6.07) is 15.1. The first kappa shape index (κ1) is 18.6. The summed E-state index contributed by atoms with van der Waals surface area (Å²) in [6.07, 6.45) is 0.300. The average Bonchev–Trinajstić information content (AvgIpc) is 2.65. The van der Waals surface area contributed by atoms with E-state index in [1.54, 1.807) is 14.0 Å². The quantitative estimate of drug-likeness (QED) is 0.710. The molecule has 0 aliphatic heterocycles. The highest BCUT2D eigenvalue weighted by molar-refractivity contribution is 5.80. The van der Waals surface area contributed by atoms with Crippen LogP contribution >= 0.6 is 0 Å². The molecule has 5 heteroatoms. The number of carbonyl (C=O) groups is 1. The lowest BCUT2D eigenvalue weighted by atomic mass is 10.1. The Morgan fingerprint density at radius 2 is 1.76 bits per heavy atom. The van der Waals surface area contributed by atoms with Crippen molar-refractivity contribution in [3.63, 3.8) is 0 Å². The molecule has 25 heavy (non-hydrogen) atoms. The highest BCUT2D eigenvalue weighted by Crippen LogP contribution is 2.20. The number of aryl methyl sites for hydroxylation is 1. The maximum Gasteiger partial charge on any atom is 0.260 e. The Morgan fingerprint density at radius 3 is 2.44 bits per heavy atom. The van der Waals surface area contributed by atoms with Gasteiger partial charge in [-0.25, -0.2) is 0 Å². The molecule has 0 aromatic heterocycles. The molecule has 0 spiro atoms. The fourth-order valence-electron chi connectivity index (χ4n) is 2.31. The normalized spacial score (nSPS) is 11.5. The predicted octanol–water partition coefficient (Wildman–Crippen LogP) is 3.22. The maximum absolute atomic E-state index is 12.1. The standard InChI is InChI=1S/C20H25NO4/c1-4-16-7-5-6-8-19(16)25-15(2)20(22)21-13-14-24-18-11-9-17(23-3)10-12-18/h5-12,15H,4,13-14H2,1-3H3,(H,21,22)/t15-/m1/s1. The topological polar surface area (TPSA) is 56.8 Å². The van der Waals surface area contributed by atoms with Gasteiger partial charge in [-0.15, -0.1) is 0 Å². The van der Waals surface area contributed by atoms with E-state index in [2.05, 4.69) is 12.2 Å². The summed E-state index contributed by atoms with van der Waals surface area (Å²) >= 11 is 0. The molecule has 0 bridgehead atoms. The number of hydrogen-bond donors (Lipinski definition) is 1. The van der Waals surface area contributed by atoms with Gasteiger partial charge in [-0.3, -0.25) is 4.79 Å². The van der Waals surface area contributed by atoms with Gasteiger partial charge in [0.1, 0.15) is 23.9 Å². The van der Waals surface area contributed by atoms with Crippen LogP contribution in [0.4, 0.5) is 0 Å². The lowest BCUT2D eigenvalue weighted by Gasteiger charge is -2.17. The Bertz CT molecular complexity index is 670. The molecule has 1 atom stereocenters. The van der Waals surface area contributed by atoms with E-state index < -0.39 is 6.10 Å². The molecule has 0 fully saturated rings. The summed E-state index contributed by atoms with van der Waals surface area (Å²) in [5, 5.41) is 2.82. The molecule has 5 nitrogen and oxygen atoms in total. The molecule has 2 aromatic carbocycles. The van der Waals surface area contributed by atoms with Crippen LogP contribution in [0.2, 0.25) is 0 Å². The average molecular weight is 343 g/mol. The van der Waals surface area contributed by atoms with Crippen molar-refractivity contribution in [3.05, 3.63) is 54.1 Å². The van der Waals surface area contributed by atoms with Gasteiger partial charge in [0.05, 0.1) is 13.7 Å². The predicted molar refractivity (Wildman–Crippen MR) is 97.4 cm³/mol. The number of amides is 1. The van der Waals surface area contributed by atoms with Crippen LogP contribution in [0.5, 0.6) is 17.2 Å². The summed E-state index contributed by atoms with van der Waals surface area (Å²) in [5.41, 5.74) is 1.09. The van der Waals surface area contributed by atoms with Crippen molar-refractivity contribution in [3.8, 4) is 17.2 Å². The van der Waals surface area contributed by atoms with E-state index in [4.69, 9.17) is 14.2 Å². The maximum atomic E-state index is 12.1. The summed E-state index contributed by atoms with van der Waals surface area (Å²) in [5.74, 6) is 2.10. The van der Waals surface area contributed by atoms with Gasteiger partial charge >= 0.3 is 0 Å². The molecule has 0 aliphatic carbocycles. The van der Waals surface area contributed by atoms with E-state index in [1.165, 1.54) is 0 Å². The van der Waals surface area contributed by atoms with E-state index >= 15 is 0 Å². The van der Waals surface area contributed by atoms with E-state index in [0.29, 0.717) is 13.2 Å². The summed E-state index contributed by atoms with van der Waals surface area (Å²) in [4.78, 5) is 12.1. The van der Waals surface area contributed by atoms with Crippen molar-refractivity contribution in [1.29, 1.82) is 0 Å². The van der Waals surface area contributed by atoms with Gasteiger partial charge in [0.25, 0.3) is 5.91 Å². The van der Waals surface area contributed by atoms with Crippen LogP contribution in [-0.2, 0) is 11.2 Å². The summed E-state index contributed by atoms with van der Waals surface area (Å²) in [6.45, 7) is 4.60. The molecule has 0 unspecified atom stereocenters. The smallest absolute Gasteiger partial charge is 0.260 e. The van der Waals surface area contributed by atoms with Crippen LogP contribution in [0.15, 0.2) is 48.5 Å². The Kier molecular flexibility index (Phi) is 7.14. The van der Waals surface area contributed by atoms with Crippen molar-refractivity contribution < 1.29 is 19.0 Å². The molecule has 0 saturated heterocycles. The first-order valence-corrected chi connectivity index (χ1v) is 8.43. The fraction of sp³-hybridized carbons (Fsp3) is 0.350. The molecule has 0 heterocycles. The number of carbonyl (C=O) groups excluding carboxylic acids is 1. The second-order valence-corrected chi connectivity index (χ2v) is 5.54. The first-order chi connectivity index (χ1) is 12.1. The summed E-state index contributed by atoms with van der Waals surface area (Å²) < 4.78 is 16.4. The molecule has 0 radical (unpaired) electrons. The van der Waals surface area contributed by atoms with Crippen LogP contribution in [0.25, 0.3) is 0 Å². The van der Waals surface area contributed by atoms with Crippen molar-refractivity contribution in [2.45, 2.75) is 26.4 Å². The van der Waals surface area contributed by atoms with Crippen molar-refractivity contribution in [2.75, 3.05) is 20.3 Å². The number of para-hydroxylation sites is 1. The molecule has 2 rings (SSSR count). The Morgan fingerprint density at radius 1 is 1.08 bits per heavy atom. The number of ether oxygens (including phenoxy) is 3. The number of rotatable bonds is 9. The van der Waals surface area contributed by atoms with Crippen molar-refractivity contribution in [1.82, 2.24) is 5.32 Å². The Labute approximate surface area is 148 Å². The number of benzene rings is 2. The minimum Gasteiger partial charge on any atom is -0.497 e. The Balaban J connectivity index is 1.73. The third kappa shape index (κ3) is 5.71. The first-order valence-electron chi connectivity index (χ1n) is 8.43. The van der Waals surface area contributed by atoms with Gasteiger partial charge in [-0.2, -0.15) is 0 Å². The largest absolute Gasteiger partial charge is 0.497 e. The fourth-order valence-corrected chi connectivity index (χ4v) is 2.31. The van der Waals surface area contributed by atoms with E-state index in [-0.39, 0.29) is 5.91 Å². The molecule has 0 saturated carbocycles. The zero-order valence-electron chi connectivity index (χ0n) is 15.0. The zero-order valence-corrected chi connectivity index (χ0v) is 15.0. The van der Waals surface area contributed by atoms with Gasteiger partial charge < -0.3 is 19.5 Å². The third-order valence-corrected chi connectivity index (χ3v) is 3.76. The molecular formula is C20H25NO4. The molecular weight excluding hydrogens is 318 g/mol. The Hall–Kier alpha value is -2.69. The van der Waals surface area contributed by atoms with Crippen LogP contribution < -0.4 is 19.5 Å². The minimum atomic E-state index is -0.561. The molecule has 0 aliphatic rings. The number of methoxy groups -OCH3 is 1. The van der Waals surface area contributed by atoms with Gasteiger partial charge in [0.15, 0.2) is 6.10 Å². The molecule has 2 aromatic rings. The molecule has 1 N–H and O–H groups in total. The van der Waals surface area contributed by atoms with Crippen LogP contribution in [0, 0.1) is 0 Å². The lowest BCUT2D eigenvalue weighted by Crippen LogP contribution is -2.38. The minimum absolute atomic E-state index is 0.163. The molecule has 134 valence electrons. The van der Waals surface area contributed by atoms with Crippen molar-refractivity contribution in [2.24, 2.45) is 0 Å². The third-order valence-electron chi connectivity index (χ3n) is 3.76. The van der Waals surface area contributed by atoms with Gasteiger partial charge in [0, 0.05) is 0 Å². The van der Waals surface area contributed by atoms with Gasteiger partial charge in [-0.1, -0.05) is 25.1 Å². The second kappa shape index (κ2) is 9.57. The van der Waals surface area contributed by atoms with E-state index in [1.807, 2.05) is 48.5 Å². The van der Waals surface area contributed by atoms with Gasteiger partial charge in [-0.05, 0) is 49.2 Å². The van der Waals surface area contributed by atoms with Gasteiger partial charge in [0.2, 0.25) is 0 Å². The number of nitrogens with one attached hydrogen (secondary N) is 1. The van der Waals surface area contributed by atoms with Crippen molar-refractivity contribution >= 4 is 5.91 Å². The SMILES string of the molecule is CCc1ccccc1O[C@H](C)C(=O)NCCOc1ccc(OC)cc1. The van der Waals surface area contributed by atoms with E-state index in [0.717, 1.165) is 29.2 Å². The molecule has 1 amide bonds. The van der Waals surface area contributed by atoms with E-state index in [9.17, 15) is 4.79 Å². The number of hydrogen-bond acceptors (Lipinski definition) is 4. The highest BCUT2D eigenvalue weighted by atomic mass is 16.5.